The molecule has 1 aliphatic carbocycles. The van der Waals surface area contributed by atoms with Crippen LogP contribution in [-0.2, 0) is 5.41 Å². The van der Waals surface area contributed by atoms with Crippen LogP contribution in [0.25, 0.3) is 82.9 Å². The quantitative estimate of drug-likeness (QED) is 0.198. The van der Waals surface area contributed by atoms with E-state index in [1.165, 1.54) is 49.4 Å². The zero-order valence-corrected chi connectivity index (χ0v) is 26.8. The molecule has 0 saturated heterocycles. The number of hydrogen-bond donors (Lipinski definition) is 0. The van der Waals surface area contributed by atoms with Gasteiger partial charge in [-0.2, -0.15) is 0 Å². The summed E-state index contributed by atoms with van der Waals surface area (Å²) < 4.78 is 2.30. The lowest BCUT2D eigenvalue weighted by atomic mass is 9.82. The Labute approximate surface area is 278 Å². The van der Waals surface area contributed by atoms with Gasteiger partial charge >= 0.3 is 0 Å². The summed E-state index contributed by atoms with van der Waals surface area (Å²) in [5.41, 5.74) is 12.8. The molecule has 0 saturated carbocycles. The Morgan fingerprint density at radius 1 is 0.500 bits per heavy atom. The highest BCUT2D eigenvalue weighted by Gasteiger charge is 2.35. The molecule has 10 rings (SSSR count). The van der Waals surface area contributed by atoms with Gasteiger partial charge in [-0.1, -0.05) is 147 Å². The lowest BCUT2D eigenvalue weighted by molar-refractivity contribution is 0.660. The van der Waals surface area contributed by atoms with Gasteiger partial charge in [0, 0.05) is 32.7 Å². The minimum Gasteiger partial charge on any atom is -0.277 e. The molecule has 0 amide bonds. The average Bonchev–Trinajstić information content (AvgIpc) is 3.60. The van der Waals surface area contributed by atoms with E-state index < -0.39 is 0 Å². The Morgan fingerprint density at radius 2 is 1.21 bits per heavy atom. The fraction of sp³-hybridized carbons (Fsp3) is 0.0667. The maximum Gasteiger partial charge on any atom is 0.235 e. The second kappa shape index (κ2) is 9.97. The zero-order chi connectivity index (χ0) is 32.0. The Hall–Kier alpha value is -6.06. The highest BCUT2D eigenvalue weighted by molar-refractivity contribution is 6.23. The summed E-state index contributed by atoms with van der Waals surface area (Å²) >= 11 is 0. The third kappa shape index (κ3) is 3.76. The van der Waals surface area contributed by atoms with Crippen LogP contribution in [0.2, 0.25) is 0 Å². The molecule has 2 heterocycles. The molecular weight excluding hydrogens is 583 g/mol. The van der Waals surface area contributed by atoms with Crippen molar-refractivity contribution in [3.8, 4) is 39.5 Å². The van der Waals surface area contributed by atoms with Gasteiger partial charge < -0.3 is 0 Å². The Kier molecular flexibility index (Phi) is 5.63. The molecule has 3 nitrogen and oxygen atoms in total. The van der Waals surface area contributed by atoms with Gasteiger partial charge in [0.2, 0.25) is 5.95 Å². The number of fused-ring (bicyclic) bond motifs is 9. The standard InChI is InChI=1S/C45H31N3/c1-45(2)37-21-10-8-17-33(37)36-27-30(23-25-38(36)45)32-19-12-20-35-41-31-16-7-6-13-28(31)24-26-40(41)48(43(32)35)44-46-39-22-11-9-18-34(39)42(47-44)29-14-4-3-5-15-29/h3-27H,1-2H3. The first-order chi connectivity index (χ1) is 23.6. The van der Waals surface area contributed by atoms with Gasteiger partial charge in [0.1, 0.15) is 0 Å². The second-order valence-electron chi connectivity index (χ2n) is 13.4. The van der Waals surface area contributed by atoms with E-state index in [4.69, 9.17) is 9.97 Å². The van der Waals surface area contributed by atoms with Crippen LogP contribution >= 0.6 is 0 Å². The number of hydrogen-bond acceptors (Lipinski definition) is 2. The topological polar surface area (TPSA) is 30.7 Å². The molecule has 0 fully saturated rings. The largest absolute Gasteiger partial charge is 0.277 e. The van der Waals surface area contributed by atoms with Gasteiger partial charge in [-0.3, -0.25) is 4.57 Å². The molecular formula is C45H31N3. The van der Waals surface area contributed by atoms with Crippen LogP contribution in [-0.4, -0.2) is 14.5 Å². The minimum atomic E-state index is -0.0446. The van der Waals surface area contributed by atoms with Gasteiger partial charge in [-0.15, -0.1) is 0 Å². The van der Waals surface area contributed by atoms with Gasteiger partial charge in [0.05, 0.1) is 22.2 Å². The summed E-state index contributed by atoms with van der Waals surface area (Å²) in [6, 6.07) is 54.6. The molecule has 226 valence electrons. The first-order valence-electron chi connectivity index (χ1n) is 16.6. The molecule has 3 heteroatoms. The molecule has 0 bridgehead atoms. The van der Waals surface area contributed by atoms with E-state index in [-0.39, 0.29) is 5.41 Å². The first kappa shape index (κ1) is 27.1. The van der Waals surface area contributed by atoms with Crippen molar-refractivity contribution < 1.29 is 0 Å². The van der Waals surface area contributed by atoms with Crippen molar-refractivity contribution in [2.45, 2.75) is 19.3 Å². The van der Waals surface area contributed by atoms with E-state index in [1.54, 1.807) is 0 Å². The Bertz CT molecular complexity index is 2750. The molecule has 9 aromatic rings. The maximum absolute atomic E-state index is 5.39. The summed E-state index contributed by atoms with van der Waals surface area (Å²) in [4.78, 5) is 10.7. The predicted molar refractivity (Wildman–Crippen MR) is 200 cm³/mol. The molecule has 1 aliphatic rings. The third-order valence-electron chi connectivity index (χ3n) is 10.4. The Morgan fingerprint density at radius 3 is 2.10 bits per heavy atom. The van der Waals surface area contributed by atoms with Gasteiger partial charge in [-0.05, 0) is 56.8 Å². The van der Waals surface area contributed by atoms with Crippen molar-refractivity contribution in [2.24, 2.45) is 0 Å². The van der Waals surface area contributed by atoms with Crippen LogP contribution in [0.5, 0.6) is 0 Å². The van der Waals surface area contributed by atoms with Crippen molar-refractivity contribution in [3.05, 3.63) is 163 Å². The van der Waals surface area contributed by atoms with E-state index >= 15 is 0 Å². The summed E-state index contributed by atoms with van der Waals surface area (Å²) in [7, 11) is 0. The Balaban J connectivity index is 1.33. The van der Waals surface area contributed by atoms with Crippen molar-refractivity contribution in [2.75, 3.05) is 0 Å². The summed E-state index contributed by atoms with van der Waals surface area (Å²) in [6.45, 7) is 4.67. The molecule has 0 aliphatic heterocycles. The molecule has 2 aromatic heterocycles. The van der Waals surface area contributed by atoms with Crippen LogP contribution in [0.15, 0.2) is 152 Å². The van der Waals surface area contributed by atoms with Gasteiger partial charge in [0.15, 0.2) is 0 Å². The lowest BCUT2D eigenvalue weighted by Gasteiger charge is -2.21. The number of para-hydroxylation sites is 2. The summed E-state index contributed by atoms with van der Waals surface area (Å²) in [5.74, 6) is 0.669. The fourth-order valence-corrected chi connectivity index (χ4v) is 8.14. The fourth-order valence-electron chi connectivity index (χ4n) is 8.14. The number of benzene rings is 7. The minimum absolute atomic E-state index is 0.0446. The van der Waals surface area contributed by atoms with E-state index in [0.29, 0.717) is 5.95 Å². The van der Waals surface area contributed by atoms with E-state index in [1.807, 2.05) is 6.07 Å². The van der Waals surface area contributed by atoms with Crippen LogP contribution in [0, 0.1) is 0 Å². The highest BCUT2D eigenvalue weighted by atomic mass is 15.2. The zero-order valence-electron chi connectivity index (χ0n) is 26.8. The van der Waals surface area contributed by atoms with Gasteiger partial charge in [-0.25, -0.2) is 9.97 Å². The molecule has 7 aromatic carbocycles. The maximum atomic E-state index is 5.39. The highest BCUT2D eigenvalue weighted by Crippen LogP contribution is 2.50. The van der Waals surface area contributed by atoms with Crippen LogP contribution in [0.3, 0.4) is 0 Å². The van der Waals surface area contributed by atoms with Gasteiger partial charge in [0.25, 0.3) is 0 Å². The van der Waals surface area contributed by atoms with Crippen molar-refractivity contribution >= 4 is 43.5 Å². The number of aromatic nitrogens is 3. The summed E-state index contributed by atoms with van der Waals surface area (Å²) in [5, 5.41) is 5.90. The van der Waals surface area contributed by atoms with Crippen LogP contribution in [0.1, 0.15) is 25.0 Å². The van der Waals surface area contributed by atoms with E-state index in [2.05, 4.69) is 164 Å². The van der Waals surface area contributed by atoms with Crippen LogP contribution < -0.4 is 0 Å². The average molecular weight is 614 g/mol. The normalized spacial score (nSPS) is 13.4. The summed E-state index contributed by atoms with van der Waals surface area (Å²) in [6.07, 6.45) is 0. The molecule has 48 heavy (non-hydrogen) atoms. The van der Waals surface area contributed by atoms with Crippen molar-refractivity contribution in [1.82, 2.24) is 14.5 Å². The van der Waals surface area contributed by atoms with E-state index in [9.17, 15) is 0 Å². The lowest BCUT2D eigenvalue weighted by Crippen LogP contribution is -2.14. The van der Waals surface area contributed by atoms with E-state index in [0.717, 1.165) is 38.8 Å². The third-order valence-corrected chi connectivity index (χ3v) is 10.4. The van der Waals surface area contributed by atoms with Crippen molar-refractivity contribution in [3.63, 3.8) is 0 Å². The molecule has 0 spiro atoms. The molecule has 0 atom stereocenters. The monoisotopic (exact) mass is 613 g/mol. The second-order valence-corrected chi connectivity index (χ2v) is 13.4. The predicted octanol–water partition coefficient (Wildman–Crippen LogP) is 11.5. The molecule has 0 radical (unpaired) electrons. The SMILES string of the molecule is CC1(C)c2ccccc2-c2cc(-c3cccc4c5c6ccccc6ccc5n(-c5nc(-c6ccccc6)c6ccccc6n5)c34)ccc21. The number of nitrogens with zero attached hydrogens (tertiary/aromatic N) is 3. The smallest absolute Gasteiger partial charge is 0.235 e. The van der Waals surface area contributed by atoms with Crippen molar-refractivity contribution in [1.29, 1.82) is 0 Å². The first-order valence-corrected chi connectivity index (χ1v) is 16.6. The molecule has 0 N–H and O–H groups in total. The van der Waals surface area contributed by atoms with Crippen LogP contribution in [0.4, 0.5) is 0 Å². The molecule has 0 unspecified atom stereocenters. The number of rotatable bonds is 3.